The lowest BCUT2D eigenvalue weighted by molar-refractivity contribution is -0.191. The first-order valence-electron chi connectivity index (χ1n) is 10.1. The molecular weight excluding hydrogens is 373 g/mol. The highest BCUT2D eigenvalue weighted by Gasteiger charge is 2.42. The second kappa shape index (κ2) is 6.58. The molecule has 1 N–H and O–H groups in total. The van der Waals surface area contributed by atoms with Gasteiger partial charge in [-0.3, -0.25) is 4.99 Å². The number of hydrogen-bond donors (Lipinski definition) is 1. The zero-order valence-corrected chi connectivity index (χ0v) is 16.2. The van der Waals surface area contributed by atoms with Gasteiger partial charge in [0.05, 0.1) is 17.7 Å². The largest absolute Gasteiger partial charge is 0.478 e. The van der Waals surface area contributed by atoms with E-state index >= 15 is 0 Å². The fourth-order valence-electron chi connectivity index (χ4n) is 4.22. The van der Waals surface area contributed by atoms with Crippen molar-refractivity contribution in [2.45, 2.75) is 45.1 Å². The number of rotatable bonds is 5. The van der Waals surface area contributed by atoms with Crippen molar-refractivity contribution in [2.24, 2.45) is 16.8 Å². The first kappa shape index (κ1) is 18.2. The summed E-state index contributed by atoms with van der Waals surface area (Å²) in [6.07, 6.45) is 3.79. The van der Waals surface area contributed by atoms with Crippen molar-refractivity contribution in [3.63, 3.8) is 0 Å². The molecule has 5 nitrogen and oxygen atoms in total. The van der Waals surface area contributed by atoms with Gasteiger partial charge in [-0.15, -0.1) is 0 Å². The first-order valence-corrected chi connectivity index (χ1v) is 10.1. The molecule has 2 heterocycles. The van der Waals surface area contributed by atoms with Gasteiger partial charge in [0.15, 0.2) is 11.5 Å². The summed E-state index contributed by atoms with van der Waals surface area (Å²) >= 11 is 0. The van der Waals surface area contributed by atoms with Gasteiger partial charge < -0.3 is 14.6 Å². The molecule has 3 aliphatic rings. The highest BCUT2D eigenvalue weighted by Crippen LogP contribution is 2.46. The Labute approximate surface area is 168 Å². The van der Waals surface area contributed by atoms with E-state index in [0.717, 1.165) is 41.8 Å². The number of para-hydroxylation sites is 1. The molecule has 1 fully saturated rings. The molecule has 2 unspecified atom stereocenters. The predicted molar refractivity (Wildman–Crippen MR) is 106 cm³/mol. The molecular formula is C23H22FNO4. The minimum Gasteiger partial charge on any atom is -0.478 e. The Morgan fingerprint density at radius 2 is 2.10 bits per heavy atom. The molecule has 1 aliphatic carbocycles. The molecule has 0 spiro atoms. The number of fused-ring (bicyclic) bond motifs is 2. The highest BCUT2D eigenvalue weighted by molar-refractivity contribution is 5.96. The third-order valence-corrected chi connectivity index (χ3v) is 5.93. The summed E-state index contributed by atoms with van der Waals surface area (Å²) in [4.78, 5) is 16.2. The van der Waals surface area contributed by atoms with E-state index in [2.05, 4.69) is 0 Å². The zero-order valence-electron chi connectivity index (χ0n) is 16.2. The number of halogens is 1. The SMILES string of the molecule is CCC1(F)Oc2cccc(CC3Cc4ccc(C(=O)O)cc4N=C3C3CC3)c2O1. The molecule has 1 saturated carbocycles. The van der Waals surface area contributed by atoms with Crippen LogP contribution < -0.4 is 9.47 Å². The molecule has 6 heteroatoms. The third kappa shape index (κ3) is 3.26. The van der Waals surface area contributed by atoms with Gasteiger partial charge >= 0.3 is 12.0 Å². The lowest BCUT2D eigenvalue weighted by Gasteiger charge is -2.26. The van der Waals surface area contributed by atoms with Gasteiger partial charge in [0.25, 0.3) is 0 Å². The Balaban J connectivity index is 1.47. The van der Waals surface area contributed by atoms with E-state index in [1.165, 1.54) is 0 Å². The van der Waals surface area contributed by atoms with Gasteiger partial charge in [-0.2, -0.15) is 4.39 Å². The van der Waals surface area contributed by atoms with Crippen LogP contribution in [-0.2, 0) is 12.8 Å². The quantitative estimate of drug-likeness (QED) is 0.766. The fourth-order valence-corrected chi connectivity index (χ4v) is 4.22. The number of hydrogen-bond acceptors (Lipinski definition) is 4. The van der Waals surface area contributed by atoms with Crippen LogP contribution in [0, 0.1) is 11.8 Å². The van der Waals surface area contributed by atoms with E-state index in [0.29, 0.717) is 23.8 Å². The number of ether oxygens (including phenoxy) is 2. The Morgan fingerprint density at radius 1 is 1.28 bits per heavy atom. The Hall–Kier alpha value is -2.89. The van der Waals surface area contributed by atoms with Gasteiger partial charge in [0.2, 0.25) is 0 Å². The summed E-state index contributed by atoms with van der Waals surface area (Å²) in [5.41, 5.74) is 4.10. The van der Waals surface area contributed by atoms with Crippen LogP contribution in [0.5, 0.6) is 11.5 Å². The molecule has 2 aliphatic heterocycles. The van der Waals surface area contributed by atoms with Crippen LogP contribution in [-0.4, -0.2) is 22.8 Å². The molecule has 2 atom stereocenters. The minimum atomic E-state index is -2.10. The van der Waals surface area contributed by atoms with E-state index < -0.39 is 12.0 Å². The van der Waals surface area contributed by atoms with Crippen LogP contribution in [0.2, 0.25) is 0 Å². The number of alkyl halides is 1. The van der Waals surface area contributed by atoms with E-state index in [4.69, 9.17) is 14.5 Å². The van der Waals surface area contributed by atoms with Gasteiger partial charge in [-0.05, 0) is 60.9 Å². The van der Waals surface area contributed by atoms with Crippen LogP contribution in [0.15, 0.2) is 41.4 Å². The van der Waals surface area contributed by atoms with Gasteiger partial charge in [-0.25, -0.2) is 4.79 Å². The van der Waals surface area contributed by atoms with E-state index in [9.17, 15) is 14.3 Å². The van der Waals surface area contributed by atoms with Crippen LogP contribution in [0.3, 0.4) is 0 Å². The minimum absolute atomic E-state index is 0.110. The van der Waals surface area contributed by atoms with Crippen molar-refractivity contribution >= 4 is 17.4 Å². The van der Waals surface area contributed by atoms with E-state index in [-0.39, 0.29) is 17.9 Å². The summed E-state index contributed by atoms with van der Waals surface area (Å²) < 4.78 is 25.5. The third-order valence-electron chi connectivity index (χ3n) is 5.93. The first-order chi connectivity index (χ1) is 14.0. The average molecular weight is 395 g/mol. The second-order valence-corrected chi connectivity index (χ2v) is 8.03. The fraction of sp³-hybridized carbons (Fsp3) is 0.391. The molecule has 5 rings (SSSR count). The lowest BCUT2D eigenvalue weighted by atomic mass is 9.83. The van der Waals surface area contributed by atoms with Crippen molar-refractivity contribution in [1.29, 1.82) is 0 Å². The van der Waals surface area contributed by atoms with Crippen molar-refractivity contribution in [2.75, 3.05) is 0 Å². The molecule has 2 aromatic rings. The Bertz CT molecular complexity index is 1030. The van der Waals surface area contributed by atoms with E-state index in [1.807, 2.05) is 18.2 Å². The van der Waals surface area contributed by atoms with Crippen molar-refractivity contribution in [3.8, 4) is 11.5 Å². The van der Waals surface area contributed by atoms with Gasteiger partial charge in [0.1, 0.15) is 0 Å². The Kier molecular flexibility index (Phi) is 4.12. The van der Waals surface area contributed by atoms with Crippen molar-refractivity contribution < 1.29 is 23.8 Å². The average Bonchev–Trinajstić information content (AvgIpc) is 3.49. The van der Waals surface area contributed by atoms with Gasteiger partial charge in [-0.1, -0.05) is 25.1 Å². The number of aromatic carboxylic acids is 1. The zero-order chi connectivity index (χ0) is 20.2. The van der Waals surface area contributed by atoms with Crippen LogP contribution >= 0.6 is 0 Å². The maximum absolute atomic E-state index is 14.6. The molecule has 0 radical (unpaired) electrons. The molecule has 0 bridgehead atoms. The lowest BCUT2D eigenvalue weighted by Crippen LogP contribution is -2.31. The monoisotopic (exact) mass is 395 g/mol. The normalized spacial score (nSPS) is 24.8. The van der Waals surface area contributed by atoms with Crippen molar-refractivity contribution in [1.82, 2.24) is 0 Å². The van der Waals surface area contributed by atoms with Crippen molar-refractivity contribution in [3.05, 3.63) is 53.1 Å². The molecule has 150 valence electrons. The molecule has 0 aromatic heterocycles. The second-order valence-electron chi connectivity index (χ2n) is 8.03. The smallest absolute Gasteiger partial charge is 0.407 e. The topological polar surface area (TPSA) is 68.1 Å². The number of benzene rings is 2. The Morgan fingerprint density at radius 3 is 2.83 bits per heavy atom. The van der Waals surface area contributed by atoms with Crippen LogP contribution in [0.4, 0.5) is 10.1 Å². The van der Waals surface area contributed by atoms with Gasteiger partial charge in [0, 0.05) is 11.6 Å². The number of carbonyl (C=O) groups is 1. The maximum Gasteiger partial charge on any atom is 0.407 e. The number of aliphatic imine (C=N–C) groups is 1. The number of carboxylic acid groups (broad SMARTS) is 1. The molecule has 0 amide bonds. The summed E-state index contributed by atoms with van der Waals surface area (Å²) in [6.45, 7) is 1.69. The number of carboxylic acids is 1. The summed E-state index contributed by atoms with van der Waals surface area (Å²) in [5.74, 6) is 0.613. The van der Waals surface area contributed by atoms with Crippen LogP contribution in [0.25, 0.3) is 0 Å². The molecule has 29 heavy (non-hydrogen) atoms. The number of nitrogens with zero attached hydrogens (tertiary/aromatic N) is 1. The summed E-state index contributed by atoms with van der Waals surface area (Å²) in [7, 11) is 0. The highest BCUT2D eigenvalue weighted by atomic mass is 19.2. The van der Waals surface area contributed by atoms with Crippen LogP contribution in [0.1, 0.15) is 47.7 Å². The predicted octanol–water partition coefficient (Wildman–Crippen LogP) is 5.09. The molecule has 2 aromatic carbocycles. The molecule has 0 saturated heterocycles. The summed E-state index contributed by atoms with van der Waals surface area (Å²) in [6, 6.07) is 8.60. The maximum atomic E-state index is 14.6. The standard InChI is InChI=1S/C23H22FNO4/c1-2-23(24)28-19-5-3-4-15(21(19)29-23)11-17-10-14-8-9-16(22(26)27)12-18(14)25-20(17)13-6-7-13/h3-5,8-9,12-13,17H,2,6-7,10-11H2,1H3,(H,26,27). The summed E-state index contributed by atoms with van der Waals surface area (Å²) in [5, 5.41) is 9.27. The van der Waals surface area contributed by atoms with E-state index in [1.54, 1.807) is 25.1 Å².